The lowest BCUT2D eigenvalue weighted by molar-refractivity contribution is 0.102. The molecule has 4 rings (SSSR count). The number of hydrogen-bond acceptors (Lipinski definition) is 3. The minimum Gasteiger partial charge on any atom is -0.322 e. The van der Waals surface area contributed by atoms with Crippen molar-refractivity contribution in [3.63, 3.8) is 0 Å². The first-order chi connectivity index (χ1) is 14.7. The van der Waals surface area contributed by atoms with Crippen molar-refractivity contribution in [1.29, 1.82) is 0 Å². The standard InChI is InChI=1S/C26H22N2OS/c1-18-8-3-4-11-22(18)24-17-21(30-2)13-14-23(24)26(29)28-20-10-7-9-19(16-20)25-12-5-6-15-27-25/h3-17H,1-2H3,(H,28,29). The molecule has 4 heteroatoms. The van der Waals surface area contributed by atoms with Crippen LogP contribution in [0.3, 0.4) is 0 Å². The van der Waals surface area contributed by atoms with Crippen LogP contribution in [0.1, 0.15) is 15.9 Å². The largest absolute Gasteiger partial charge is 0.322 e. The van der Waals surface area contributed by atoms with Crippen molar-refractivity contribution in [2.75, 3.05) is 11.6 Å². The van der Waals surface area contributed by atoms with E-state index < -0.39 is 0 Å². The van der Waals surface area contributed by atoms with Crippen LogP contribution >= 0.6 is 11.8 Å². The van der Waals surface area contributed by atoms with Crippen LogP contribution in [-0.2, 0) is 0 Å². The normalized spacial score (nSPS) is 10.6. The van der Waals surface area contributed by atoms with Gasteiger partial charge in [0, 0.05) is 27.9 Å². The Kier molecular flexibility index (Phi) is 5.96. The smallest absolute Gasteiger partial charge is 0.256 e. The van der Waals surface area contributed by atoms with E-state index in [0.29, 0.717) is 5.56 Å². The number of carbonyl (C=O) groups excluding carboxylic acids is 1. The van der Waals surface area contributed by atoms with Crippen LogP contribution in [0.2, 0.25) is 0 Å². The van der Waals surface area contributed by atoms with Crippen LogP contribution in [0.25, 0.3) is 22.4 Å². The first-order valence-electron chi connectivity index (χ1n) is 9.72. The van der Waals surface area contributed by atoms with Gasteiger partial charge in [0.25, 0.3) is 5.91 Å². The average molecular weight is 411 g/mol. The number of pyridine rings is 1. The maximum Gasteiger partial charge on any atom is 0.256 e. The van der Waals surface area contributed by atoms with Crippen molar-refractivity contribution >= 4 is 23.4 Å². The molecular formula is C26H22N2OS. The second-order valence-corrected chi connectivity index (χ2v) is 7.86. The summed E-state index contributed by atoms with van der Waals surface area (Å²) in [6, 6.07) is 27.7. The Morgan fingerprint density at radius 1 is 0.867 bits per heavy atom. The monoisotopic (exact) mass is 410 g/mol. The van der Waals surface area contributed by atoms with E-state index >= 15 is 0 Å². The number of nitrogens with one attached hydrogen (secondary N) is 1. The summed E-state index contributed by atoms with van der Waals surface area (Å²) in [6.45, 7) is 2.07. The molecule has 0 bridgehead atoms. The van der Waals surface area contributed by atoms with Crippen LogP contribution in [0.5, 0.6) is 0 Å². The van der Waals surface area contributed by atoms with E-state index in [4.69, 9.17) is 0 Å². The number of amides is 1. The summed E-state index contributed by atoms with van der Waals surface area (Å²) in [5.74, 6) is -0.126. The molecule has 0 fully saturated rings. The minimum atomic E-state index is -0.126. The zero-order valence-electron chi connectivity index (χ0n) is 16.9. The lowest BCUT2D eigenvalue weighted by atomic mass is 9.95. The molecule has 4 aromatic rings. The predicted molar refractivity (Wildman–Crippen MR) is 126 cm³/mol. The number of aryl methyl sites for hydroxylation is 1. The number of rotatable bonds is 5. The van der Waals surface area contributed by atoms with E-state index in [0.717, 1.165) is 38.5 Å². The summed E-state index contributed by atoms with van der Waals surface area (Å²) in [5.41, 5.74) is 6.39. The molecule has 0 aliphatic carbocycles. The van der Waals surface area contributed by atoms with Gasteiger partial charge in [-0.2, -0.15) is 0 Å². The van der Waals surface area contributed by atoms with Gasteiger partial charge < -0.3 is 5.32 Å². The maximum absolute atomic E-state index is 13.2. The van der Waals surface area contributed by atoms with E-state index in [9.17, 15) is 4.79 Å². The lowest BCUT2D eigenvalue weighted by Crippen LogP contribution is -2.13. The maximum atomic E-state index is 13.2. The van der Waals surface area contributed by atoms with Gasteiger partial charge >= 0.3 is 0 Å². The number of thioether (sulfide) groups is 1. The summed E-state index contributed by atoms with van der Waals surface area (Å²) in [5, 5.41) is 3.06. The fraction of sp³-hybridized carbons (Fsp3) is 0.0769. The lowest BCUT2D eigenvalue weighted by Gasteiger charge is -2.14. The Morgan fingerprint density at radius 2 is 1.70 bits per heavy atom. The van der Waals surface area contributed by atoms with Gasteiger partial charge in [-0.15, -0.1) is 11.8 Å². The number of hydrogen-bond donors (Lipinski definition) is 1. The van der Waals surface area contributed by atoms with Crippen molar-refractivity contribution in [2.24, 2.45) is 0 Å². The van der Waals surface area contributed by atoms with Crippen molar-refractivity contribution < 1.29 is 4.79 Å². The molecular weight excluding hydrogens is 388 g/mol. The molecule has 1 heterocycles. The molecule has 0 saturated carbocycles. The van der Waals surface area contributed by atoms with Gasteiger partial charge in [-0.05, 0) is 72.3 Å². The summed E-state index contributed by atoms with van der Waals surface area (Å²) in [6.07, 6.45) is 3.81. The topological polar surface area (TPSA) is 42.0 Å². The Morgan fingerprint density at radius 3 is 2.47 bits per heavy atom. The first kappa shape index (κ1) is 19.9. The van der Waals surface area contributed by atoms with E-state index in [1.165, 1.54) is 0 Å². The highest BCUT2D eigenvalue weighted by molar-refractivity contribution is 7.98. The summed E-state index contributed by atoms with van der Waals surface area (Å²) < 4.78 is 0. The molecule has 1 amide bonds. The Labute approximate surface area is 181 Å². The van der Waals surface area contributed by atoms with E-state index in [1.54, 1.807) is 18.0 Å². The van der Waals surface area contributed by atoms with Gasteiger partial charge in [-0.3, -0.25) is 9.78 Å². The molecule has 0 unspecified atom stereocenters. The van der Waals surface area contributed by atoms with Gasteiger partial charge in [-0.25, -0.2) is 0 Å². The third-order valence-electron chi connectivity index (χ3n) is 4.99. The van der Waals surface area contributed by atoms with Gasteiger partial charge in [0.15, 0.2) is 0 Å². The highest BCUT2D eigenvalue weighted by Gasteiger charge is 2.15. The Hall–Kier alpha value is -3.37. The third kappa shape index (κ3) is 4.29. The van der Waals surface area contributed by atoms with Gasteiger partial charge in [0.2, 0.25) is 0 Å². The molecule has 148 valence electrons. The van der Waals surface area contributed by atoms with Crippen molar-refractivity contribution in [3.05, 3.63) is 102 Å². The molecule has 1 N–H and O–H groups in total. The van der Waals surface area contributed by atoms with E-state index in [-0.39, 0.29) is 5.91 Å². The molecule has 0 radical (unpaired) electrons. The van der Waals surface area contributed by atoms with Crippen LogP contribution in [-0.4, -0.2) is 17.1 Å². The second kappa shape index (κ2) is 8.97. The van der Waals surface area contributed by atoms with Crippen LogP contribution in [0.15, 0.2) is 96.0 Å². The van der Waals surface area contributed by atoms with Crippen LogP contribution in [0.4, 0.5) is 5.69 Å². The number of anilines is 1. The molecule has 3 aromatic carbocycles. The number of carbonyl (C=O) groups is 1. The summed E-state index contributed by atoms with van der Waals surface area (Å²) >= 11 is 1.67. The van der Waals surface area contributed by atoms with Gasteiger partial charge in [0.05, 0.1) is 5.69 Å². The SMILES string of the molecule is CSc1ccc(C(=O)Nc2cccc(-c3ccccn3)c2)c(-c2ccccc2C)c1. The van der Waals surface area contributed by atoms with E-state index in [2.05, 4.69) is 35.4 Å². The minimum absolute atomic E-state index is 0.126. The summed E-state index contributed by atoms with van der Waals surface area (Å²) in [7, 11) is 0. The predicted octanol–water partition coefficient (Wildman–Crippen LogP) is 6.70. The quantitative estimate of drug-likeness (QED) is 0.372. The number of nitrogens with zero attached hydrogens (tertiary/aromatic N) is 1. The molecule has 1 aromatic heterocycles. The Bertz CT molecular complexity index is 1190. The zero-order valence-corrected chi connectivity index (χ0v) is 17.7. The van der Waals surface area contributed by atoms with Crippen LogP contribution in [0, 0.1) is 6.92 Å². The van der Waals surface area contributed by atoms with Gasteiger partial charge in [-0.1, -0.05) is 42.5 Å². The first-order valence-corrected chi connectivity index (χ1v) is 10.9. The van der Waals surface area contributed by atoms with E-state index in [1.807, 2.05) is 73.0 Å². The van der Waals surface area contributed by atoms with Crippen molar-refractivity contribution in [1.82, 2.24) is 4.98 Å². The molecule has 0 atom stereocenters. The fourth-order valence-electron chi connectivity index (χ4n) is 3.43. The van der Waals surface area contributed by atoms with Crippen LogP contribution < -0.4 is 5.32 Å². The molecule has 0 saturated heterocycles. The number of aromatic nitrogens is 1. The van der Waals surface area contributed by atoms with Crippen molar-refractivity contribution in [2.45, 2.75) is 11.8 Å². The fourth-order valence-corrected chi connectivity index (χ4v) is 3.87. The zero-order chi connectivity index (χ0) is 20.9. The molecule has 3 nitrogen and oxygen atoms in total. The third-order valence-corrected chi connectivity index (χ3v) is 5.71. The molecule has 30 heavy (non-hydrogen) atoms. The molecule has 0 spiro atoms. The Balaban J connectivity index is 1.69. The van der Waals surface area contributed by atoms with Gasteiger partial charge in [0.1, 0.15) is 0 Å². The second-order valence-electron chi connectivity index (χ2n) is 6.98. The number of benzene rings is 3. The summed E-state index contributed by atoms with van der Waals surface area (Å²) in [4.78, 5) is 18.8. The highest BCUT2D eigenvalue weighted by Crippen LogP contribution is 2.31. The van der Waals surface area contributed by atoms with Crippen molar-refractivity contribution in [3.8, 4) is 22.4 Å². The average Bonchev–Trinajstić information content (AvgIpc) is 2.80. The molecule has 0 aliphatic rings. The highest BCUT2D eigenvalue weighted by atomic mass is 32.2. The molecule has 0 aliphatic heterocycles.